The molecule has 0 saturated carbocycles. The maximum absolute atomic E-state index is 12.3. The fourth-order valence-electron chi connectivity index (χ4n) is 2.68. The van der Waals surface area contributed by atoms with E-state index in [0.29, 0.717) is 24.3 Å². The second-order valence-corrected chi connectivity index (χ2v) is 5.36. The maximum Gasteiger partial charge on any atom is 0.313 e. The number of nitrogens with zero attached hydrogens (tertiary/aromatic N) is 2. The molecule has 1 heterocycles. The Bertz CT molecular complexity index is 808. The average molecular weight is 305 g/mol. The van der Waals surface area contributed by atoms with Crippen molar-refractivity contribution in [2.45, 2.75) is 13.0 Å². The largest absolute Gasteiger partial charge is 0.330 e. The van der Waals surface area contributed by atoms with Crippen molar-refractivity contribution in [3.63, 3.8) is 0 Å². The van der Waals surface area contributed by atoms with Gasteiger partial charge >= 0.3 is 11.8 Å². The molecule has 2 aromatic carbocycles. The summed E-state index contributed by atoms with van der Waals surface area (Å²) >= 11 is 0. The van der Waals surface area contributed by atoms with E-state index in [1.165, 1.54) is 10.5 Å². The Kier molecular flexibility index (Phi) is 4.07. The van der Waals surface area contributed by atoms with Crippen LogP contribution in [0.1, 0.15) is 16.7 Å². The summed E-state index contributed by atoms with van der Waals surface area (Å²) in [5.74, 6) is -1.29. The molecule has 1 aliphatic heterocycles. The Hall–Kier alpha value is -3.13. The summed E-state index contributed by atoms with van der Waals surface area (Å²) in [6.45, 7) is 0.950. The lowest BCUT2D eigenvalue weighted by Crippen LogP contribution is -2.42. The van der Waals surface area contributed by atoms with Crippen LogP contribution in [0.4, 0.5) is 5.69 Å². The third kappa shape index (κ3) is 3.06. The Balaban J connectivity index is 1.72. The summed E-state index contributed by atoms with van der Waals surface area (Å²) < 4.78 is 0. The number of hydrogen-bond acceptors (Lipinski definition) is 3. The van der Waals surface area contributed by atoms with Crippen molar-refractivity contribution in [2.24, 2.45) is 0 Å². The molecule has 5 nitrogen and oxygen atoms in total. The maximum atomic E-state index is 12.3. The first-order valence-corrected chi connectivity index (χ1v) is 7.35. The number of hydrogen-bond donors (Lipinski definition) is 1. The zero-order chi connectivity index (χ0) is 16.2. The summed E-state index contributed by atoms with van der Waals surface area (Å²) in [5, 5.41) is 11.6. The third-order valence-corrected chi connectivity index (χ3v) is 3.91. The fourth-order valence-corrected chi connectivity index (χ4v) is 2.68. The molecule has 0 atom stereocenters. The number of rotatable bonds is 1. The van der Waals surface area contributed by atoms with Crippen LogP contribution in [-0.4, -0.2) is 23.3 Å². The molecule has 0 spiro atoms. The number of benzene rings is 2. The Morgan fingerprint density at radius 3 is 2.52 bits per heavy atom. The molecule has 114 valence electrons. The summed E-state index contributed by atoms with van der Waals surface area (Å²) in [5.41, 5.74) is 2.97. The fraction of sp³-hybridized carbons (Fsp3) is 0.167. The SMILES string of the molecule is N#Cc1ccccc1NC(=O)C(=O)N1CCc2ccccc2C1. The molecule has 0 unspecified atom stereocenters. The monoisotopic (exact) mass is 305 g/mol. The van der Waals surface area contributed by atoms with E-state index in [-0.39, 0.29) is 0 Å². The van der Waals surface area contributed by atoms with Gasteiger partial charge in [0.05, 0.1) is 11.3 Å². The van der Waals surface area contributed by atoms with Crippen LogP contribution in [0, 0.1) is 11.3 Å². The predicted octanol–water partition coefficient (Wildman–Crippen LogP) is 2.08. The number of nitrogens with one attached hydrogen (secondary N) is 1. The zero-order valence-corrected chi connectivity index (χ0v) is 12.5. The Labute approximate surface area is 134 Å². The molecule has 0 radical (unpaired) electrons. The zero-order valence-electron chi connectivity index (χ0n) is 12.5. The van der Waals surface area contributed by atoms with Crippen LogP contribution < -0.4 is 5.32 Å². The number of para-hydroxylation sites is 1. The van der Waals surface area contributed by atoms with E-state index in [1.54, 1.807) is 24.3 Å². The highest BCUT2D eigenvalue weighted by Gasteiger charge is 2.26. The first kappa shape index (κ1) is 14.8. The standard InChI is InChI=1S/C18H15N3O2/c19-11-14-6-3-4-8-16(14)20-17(22)18(23)21-10-9-13-5-1-2-7-15(13)12-21/h1-8H,9-10,12H2,(H,20,22). The molecule has 2 amide bonds. The third-order valence-electron chi connectivity index (χ3n) is 3.91. The first-order valence-electron chi connectivity index (χ1n) is 7.35. The number of carbonyl (C=O) groups excluding carboxylic acids is 2. The number of nitriles is 1. The molecule has 0 aliphatic carbocycles. The molecule has 0 aromatic heterocycles. The lowest BCUT2D eigenvalue weighted by Gasteiger charge is -2.28. The van der Waals surface area contributed by atoms with Crippen molar-refractivity contribution < 1.29 is 9.59 Å². The molecule has 0 saturated heterocycles. The lowest BCUT2D eigenvalue weighted by molar-refractivity contribution is -0.143. The number of amides is 2. The summed E-state index contributed by atoms with van der Waals surface area (Å²) in [6.07, 6.45) is 0.740. The highest BCUT2D eigenvalue weighted by molar-refractivity contribution is 6.39. The molecule has 2 aromatic rings. The quantitative estimate of drug-likeness (QED) is 0.820. The van der Waals surface area contributed by atoms with Gasteiger partial charge in [-0.15, -0.1) is 0 Å². The van der Waals surface area contributed by atoms with Crippen molar-refractivity contribution in [1.29, 1.82) is 5.26 Å². The highest BCUT2D eigenvalue weighted by Crippen LogP contribution is 2.19. The lowest BCUT2D eigenvalue weighted by atomic mass is 10.00. The Morgan fingerprint density at radius 1 is 1.04 bits per heavy atom. The van der Waals surface area contributed by atoms with Gasteiger partial charge in [-0.3, -0.25) is 9.59 Å². The number of fused-ring (bicyclic) bond motifs is 1. The van der Waals surface area contributed by atoms with Gasteiger partial charge in [0.1, 0.15) is 6.07 Å². The predicted molar refractivity (Wildman–Crippen MR) is 85.3 cm³/mol. The van der Waals surface area contributed by atoms with Crippen LogP contribution in [0.15, 0.2) is 48.5 Å². The molecule has 1 N–H and O–H groups in total. The number of carbonyl (C=O) groups is 2. The van der Waals surface area contributed by atoms with Gasteiger partial charge in [-0.2, -0.15) is 5.26 Å². The van der Waals surface area contributed by atoms with Crippen molar-refractivity contribution >= 4 is 17.5 Å². The van der Waals surface area contributed by atoms with Crippen LogP contribution >= 0.6 is 0 Å². The van der Waals surface area contributed by atoms with Crippen molar-refractivity contribution in [2.75, 3.05) is 11.9 Å². The van der Waals surface area contributed by atoms with E-state index < -0.39 is 11.8 Å². The van der Waals surface area contributed by atoms with Gasteiger partial charge in [0.25, 0.3) is 0 Å². The minimum Gasteiger partial charge on any atom is -0.330 e. The summed E-state index contributed by atoms with van der Waals surface area (Å²) in [6, 6.07) is 16.5. The van der Waals surface area contributed by atoms with E-state index >= 15 is 0 Å². The molecule has 1 aliphatic rings. The Morgan fingerprint density at radius 2 is 1.74 bits per heavy atom. The van der Waals surface area contributed by atoms with Crippen LogP contribution in [0.5, 0.6) is 0 Å². The minimum absolute atomic E-state index is 0.331. The van der Waals surface area contributed by atoms with Gasteiger partial charge in [0.2, 0.25) is 0 Å². The van der Waals surface area contributed by atoms with Gasteiger partial charge in [-0.05, 0) is 29.7 Å². The topological polar surface area (TPSA) is 73.2 Å². The van der Waals surface area contributed by atoms with Crippen LogP contribution in [0.3, 0.4) is 0 Å². The van der Waals surface area contributed by atoms with Crippen LogP contribution in [0.25, 0.3) is 0 Å². The second kappa shape index (κ2) is 6.32. The summed E-state index contributed by atoms with van der Waals surface area (Å²) in [7, 11) is 0. The average Bonchev–Trinajstić information content (AvgIpc) is 2.61. The van der Waals surface area contributed by atoms with Gasteiger partial charge in [-0.1, -0.05) is 36.4 Å². The van der Waals surface area contributed by atoms with E-state index in [4.69, 9.17) is 5.26 Å². The summed E-state index contributed by atoms with van der Waals surface area (Å²) in [4.78, 5) is 26.1. The molecular weight excluding hydrogens is 290 g/mol. The molecule has 0 bridgehead atoms. The molecular formula is C18H15N3O2. The number of anilines is 1. The molecule has 0 fully saturated rings. The van der Waals surface area contributed by atoms with Gasteiger partial charge in [-0.25, -0.2) is 0 Å². The second-order valence-electron chi connectivity index (χ2n) is 5.36. The normalized spacial score (nSPS) is 12.9. The van der Waals surface area contributed by atoms with E-state index in [2.05, 4.69) is 5.32 Å². The van der Waals surface area contributed by atoms with Crippen LogP contribution in [-0.2, 0) is 22.6 Å². The van der Waals surface area contributed by atoms with Gasteiger partial charge in [0.15, 0.2) is 0 Å². The molecule has 5 heteroatoms. The van der Waals surface area contributed by atoms with Gasteiger partial charge < -0.3 is 10.2 Å². The van der Waals surface area contributed by atoms with Gasteiger partial charge in [0, 0.05) is 13.1 Å². The minimum atomic E-state index is -0.716. The first-order chi connectivity index (χ1) is 11.2. The smallest absolute Gasteiger partial charge is 0.313 e. The van der Waals surface area contributed by atoms with E-state index in [0.717, 1.165) is 12.0 Å². The van der Waals surface area contributed by atoms with E-state index in [9.17, 15) is 9.59 Å². The van der Waals surface area contributed by atoms with Crippen molar-refractivity contribution in [3.8, 4) is 6.07 Å². The highest BCUT2D eigenvalue weighted by atomic mass is 16.2. The molecule has 3 rings (SSSR count). The van der Waals surface area contributed by atoms with Crippen LogP contribution in [0.2, 0.25) is 0 Å². The van der Waals surface area contributed by atoms with E-state index in [1.807, 2.05) is 30.3 Å². The van der Waals surface area contributed by atoms with Crippen molar-refractivity contribution in [1.82, 2.24) is 4.90 Å². The molecule has 23 heavy (non-hydrogen) atoms. The van der Waals surface area contributed by atoms with Crippen molar-refractivity contribution in [3.05, 3.63) is 65.2 Å².